The first kappa shape index (κ1) is 12.8. The largest absolute Gasteiger partial charge is 0.366 e. The summed E-state index contributed by atoms with van der Waals surface area (Å²) in [5.74, 6) is 0.419. The van der Waals surface area contributed by atoms with Gasteiger partial charge < -0.3 is 11.1 Å². The van der Waals surface area contributed by atoms with Gasteiger partial charge in [0, 0.05) is 12.2 Å². The van der Waals surface area contributed by atoms with Crippen LogP contribution >= 0.6 is 0 Å². The van der Waals surface area contributed by atoms with E-state index >= 15 is 0 Å². The molecule has 3 N–H and O–H groups in total. The van der Waals surface area contributed by atoms with Gasteiger partial charge in [0.15, 0.2) is 9.84 Å². The number of primary amides is 1. The normalized spacial score (nSPS) is 22.3. The van der Waals surface area contributed by atoms with Crippen molar-refractivity contribution in [1.29, 1.82) is 0 Å². The average Bonchev–Trinajstić information content (AvgIpc) is 2.28. The van der Waals surface area contributed by atoms with Gasteiger partial charge in [-0.15, -0.1) is 0 Å². The Labute approximate surface area is 106 Å². The fraction of sp³-hybridized carbons (Fsp3) is 0.455. The number of carbonyl (C=O) groups excluding carboxylic acids is 1. The number of rotatable bonds is 3. The van der Waals surface area contributed by atoms with Crippen molar-refractivity contribution >= 4 is 21.6 Å². The molecule has 0 aliphatic carbocycles. The predicted molar refractivity (Wildman–Crippen MR) is 68.1 cm³/mol. The van der Waals surface area contributed by atoms with E-state index in [1.165, 1.54) is 6.20 Å². The number of carbonyl (C=O) groups is 1. The molecule has 18 heavy (non-hydrogen) atoms. The van der Waals surface area contributed by atoms with E-state index in [9.17, 15) is 13.2 Å². The van der Waals surface area contributed by atoms with Crippen molar-refractivity contribution in [3.63, 3.8) is 0 Å². The Kier molecular flexibility index (Phi) is 3.51. The lowest BCUT2D eigenvalue weighted by atomic mass is 10.2. The van der Waals surface area contributed by atoms with Crippen LogP contribution in [0.4, 0.5) is 5.82 Å². The zero-order chi connectivity index (χ0) is 13.2. The van der Waals surface area contributed by atoms with Crippen LogP contribution < -0.4 is 11.1 Å². The number of nitrogens with zero attached hydrogens (tertiary/aromatic N) is 1. The molecule has 2 heterocycles. The Morgan fingerprint density at radius 2 is 2.22 bits per heavy atom. The third-order valence-corrected chi connectivity index (χ3v) is 4.68. The van der Waals surface area contributed by atoms with Crippen LogP contribution in [0.5, 0.6) is 0 Å². The second kappa shape index (κ2) is 4.93. The number of aromatic nitrogens is 1. The van der Waals surface area contributed by atoms with Gasteiger partial charge in [-0.25, -0.2) is 13.4 Å². The zero-order valence-corrected chi connectivity index (χ0v) is 10.6. The van der Waals surface area contributed by atoms with Crippen LogP contribution in [0.3, 0.4) is 0 Å². The number of hydrogen-bond donors (Lipinski definition) is 2. The van der Waals surface area contributed by atoms with Crippen molar-refractivity contribution in [2.24, 2.45) is 5.73 Å². The number of nitrogens with two attached hydrogens (primary N) is 1. The van der Waals surface area contributed by atoms with Gasteiger partial charge in [-0.05, 0) is 25.0 Å². The van der Waals surface area contributed by atoms with E-state index in [0.29, 0.717) is 17.8 Å². The molecule has 98 valence electrons. The van der Waals surface area contributed by atoms with Crippen molar-refractivity contribution in [2.45, 2.75) is 18.9 Å². The summed E-state index contributed by atoms with van der Waals surface area (Å²) >= 11 is 0. The number of amides is 1. The Hall–Kier alpha value is -1.63. The third kappa shape index (κ3) is 3.19. The smallest absolute Gasteiger partial charge is 0.250 e. The lowest BCUT2D eigenvalue weighted by molar-refractivity contribution is 0.1000. The third-order valence-electron chi connectivity index (χ3n) is 2.86. The molecule has 0 radical (unpaired) electrons. The Bertz CT molecular complexity index is 539. The van der Waals surface area contributed by atoms with Gasteiger partial charge in [0.05, 0.1) is 17.1 Å². The Balaban J connectivity index is 2.03. The second-order valence-corrected chi connectivity index (χ2v) is 6.62. The molecule has 0 aromatic carbocycles. The zero-order valence-electron chi connectivity index (χ0n) is 9.80. The monoisotopic (exact) mass is 269 g/mol. The van der Waals surface area contributed by atoms with E-state index in [0.717, 1.165) is 6.42 Å². The summed E-state index contributed by atoms with van der Waals surface area (Å²) in [5.41, 5.74) is 5.44. The van der Waals surface area contributed by atoms with Crippen LogP contribution in [-0.2, 0) is 9.84 Å². The maximum Gasteiger partial charge on any atom is 0.250 e. The van der Waals surface area contributed by atoms with Crippen LogP contribution in [-0.4, -0.2) is 36.9 Å². The summed E-state index contributed by atoms with van der Waals surface area (Å²) in [6.07, 6.45) is 2.85. The highest BCUT2D eigenvalue weighted by atomic mass is 32.2. The molecule has 0 bridgehead atoms. The fourth-order valence-electron chi connectivity index (χ4n) is 1.97. The molecular formula is C11H15N3O3S. The maximum atomic E-state index is 11.5. The average molecular weight is 269 g/mol. The second-order valence-electron chi connectivity index (χ2n) is 4.39. The molecular weight excluding hydrogens is 254 g/mol. The fourth-order valence-corrected chi connectivity index (χ4v) is 3.61. The first-order valence-electron chi connectivity index (χ1n) is 5.69. The molecule has 1 fully saturated rings. The minimum Gasteiger partial charge on any atom is -0.366 e. The van der Waals surface area contributed by atoms with Crippen LogP contribution in [0, 0.1) is 0 Å². The van der Waals surface area contributed by atoms with E-state index in [1.807, 2.05) is 0 Å². The summed E-state index contributed by atoms with van der Waals surface area (Å²) in [5, 5.41) is 3.06. The lowest BCUT2D eigenvalue weighted by Gasteiger charge is -2.23. The Morgan fingerprint density at radius 3 is 2.78 bits per heavy atom. The molecule has 1 aliphatic heterocycles. The van der Waals surface area contributed by atoms with Crippen molar-refractivity contribution in [3.05, 3.63) is 23.9 Å². The minimum atomic E-state index is -2.94. The van der Waals surface area contributed by atoms with Crippen LogP contribution in [0.25, 0.3) is 0 Å². The topological polar surface area (TPSA) is 102 Å². The van der Waals surface area contributed by atoms with Crippen molar-refractivity contribution in [3.8, 4) is 0 Å². The Morgan fingerprint density at radius 1 is 1.44 bits per heavy atom. The summed E-state index contributed by atoms with van der Waals surface area (Å²) in [6.45, 7) is 0. The van der Waals surface area contributed by atoms with Gasteiger partial charge in [-0.3, -0.25) is 4.79 Å². The van der Waals surface area contributed by atoms with Gasteiger partial charge in [0.1, 0.15) is 5.82 Å². The summed E-state index contributed by atoms with van der Waals surface area (Å²) in [4.78, 5) is 14.9. The van der Waals surface area contributed by atoms with Crippen LogP contribution in [0.1, 0.15) is 23.2 Å². The maximum absolute atomic E-state index is 11.5. The molecule has 1 aliphatic rings. The SMILES string of the molecule is NC(=O)c1ccc(NC2CCCS(=O)(=O)C2)nc1. The van der Waals surface area contributed by atoms with E-state index < -0.39 is 15.7 Å². The first-order chi connectivity index (χ1) is 8.46. The molecule has 6 nitrogen and oxygen atoms in total. The molecule has 1 amide bonds. The van der Waals surface area contributed by atoms with Crippen molar-refractivity contribution in [1.82, 2.24) is 4.98 Å². The van der Waals surface area contributed by atoms with E-state index in [2.05, 4.69) is 10.3 Å². The summed E-state index contributed by atoms with van der Waals surface area (Å²) in [7, 11) is -2.94. The summed E-state index contributed by atoms with van der Waals surface area (Å²) < 4.78 is 22.9. The first-order valence-corrected chi connectivity index (χ1v) is 7.51. The molecule has 1 saturated heterocycles. The van der Waals surface area contributed by atoms with E-state index in [-0.39, 0.29) is 17.5 Å². The molecule has 2 rings (SSSR count). The van der Waals surface area contributed by atoms with Crippen molar-refractivity contribution in [2.75, 3.05) is 16.8 Å². The number of sulfone groups is 1. The van der Waals surface area contributed by atoms with Crippen LogP contribution in [0.2, 0.25) is 0 Å². The predicted octanol–water partition coefficient (Wildman–Crippen LogP) is 0.170. The molecule has 1 unspecified atom stereocenters. The minimum absolute atomic E-state index is 0.115. The quantitative estimate of drug-likeness (QED) is 0.814. The van der Waals surface area contributed by atoms with Gasteiger partial charge in [-0.2, -0.15) is 0 Å². The molecule has 1 aromatic rings. The van der Waals surface area contributed by atoms with Gasteiger partial charge in [0.2, 0.25) is 5.91 Å². The van der Waals surface area contributed by atoms with Gasteiger partial charge in [-0.1, -0.05) is 0 Å². The lowest BCUT2D eigenvalue weighted by Crippen LogP contribution is -2.35. The number of nitrogens with one attached hydrogen (secondary N) is 1. The molecule has 0 spiro atoms. The molecule has 1 atom stereocenters. The summed E-state index contributed by atoms with van der Waals surface area (Å²) in [6, 6.07) is 3.08. The van der Waals surface area contributed by atoms with E-state index in [1.54, 1.807) is 12.1 Å². The highest BCUT2D eigenvalue weighted by Crippen LogP contribution is 2.16. The number of hydrogen-bond acceptors (Lipinski definition) is 5. The highest BCUT2D eigenvalue weighted by molar-refractivity contribution is 7.91. The number of anilines is 1. The number of pyridine rings is 1. The molecule has 7 heteroatoms. The molecule has 0 saturated carbocycles. The molecule has 1 aromatic heterocycles. The van der Waals surface area contributed by atoms with Crippen molar-refractivity contribution < 1.29 is 13.2 Å². The van der Waals surface area contributed by atoms with Gasteiger partial charge in [0.25, 0.3) is 0 Å². The highest BCUT2D eigenvalue weighted by Gasteiger charge is 2.24. The standard InChI is InChI=1S/C11H15N3O3S/c12-11(15)8-3-4-10(13-6-8)14-9-2-1-5-18(16,17)7-9/h3-4,6,9H,1-2,5,7H2,(H2,12,15)(H,13,14). The van der Waals surface area contributed by atoms with Gasteiger partial charge >= 0.3 is 0 Å². The van der Waals surface area contributed by atoms with Crippen LogP contribution in [0.15, 0.2) is 18.3 Å². The van der Waals surface area contributed by atoms with E-state index in [4.69, 9.17) is 5.73 Å².